The Balaban J connectivity index is 2.03. The first-order valence-corrected chi connectivity index (χ1v) is 7.57. The van der Waals surface area contributed by atoms with Crippen LogP contribution < -0.4 is 4.74 Å². The van der Waals surface area contributed by atoms with Crippen LogP contribution in [0.5, 0.6) is 5.75 Å². The van der Waals surface area contributed by atoms with Crippen molar-refractivity contribution in [2.45, 2.75) is 24.6 Å². The third-order valence-electron chi connectivity index (χ3n) is 3.87. The molecule has 1 atom stereocenters. The molecule has 2 aromatic rings. The van der Waals surface area contributed by atoms with E-state index in [1.807, 2.05) is 18.2 Å². The zero-order valence-corrected chi connectivity index (χ0v) is 13.3. The summed E-state index contributed by atoms with van der Waals surface area (Å²) in [5.41, 5.74) is 2.54. The fourth-order valence-electron chi connectivity index (χ4n) is 2.59. The van der Waals surface area contributed by atoms with Gasteiger partial charge in [-0.15, -0.1) is 11.6 Å². The Morgan fingerprint density at radius 3 is 2.76 bits per heavy atom. The molecule has 1 heterocycles. The van der Waals surface area contributed by atoms with Gasteiger partial charge in [-0.2, -0.15) is 0 Å². The first-order valence-electron chi connectivity index (χ1n) is 6.75. The van der Waals surface area contributed by atoms with Crippen molar-refractivity contribution in [1.29, 1.82) is 0 Å². The van der Waals surface area contributed by atoms with Crippen molar-refractivity contribution in [1.82, 2.24) is 0 Å². The van der Waals surface area contributed by atoms with Gasteiger partial charge in [0.05, 0.1) is 17.0 Å². The minimum Gasteiger partial charge on any atom is -0.492 e. The molecule has 1 aliphatic rings. The molecule has 110 valence electrons. The van der Waals surface area contributed by atoms with E-state index >= 15 is 0 Å². The first-order chi connectivity index (χ1) is 9.90. The van der Waals surface area contributed by atoms with E-state index in [9.17, 15) is 4.39 Å². The van der Waals surface area contributed by atoms with Crippen molar-refractivity contribution in [3.63, 3.8) is 0 Å². The Hall–Kier alpha value is -1.25. The van der Waals surface area contributed by atoms with Gasteiger partial charge in [0.1, 0.15) is 11.6 Å². The van der Waals surface area contributed by atoms with Crippen molar-refractivity contribution < 1.29 is 9.13 Å². The molecule has 1 nitrogen and oxygen atoms in total. The maximum absolute atomic E-state index is 13.6. The molecule has 0 saturated heterocycles. The number of benzene rings is 2. The van der Waals surface area contributed by atoms with Crippen LogP contribution in [0.1, 0.15) is 35.9 Å². The van der Waals surface area contributed by atoms with E-state index in [4.69, 9.17) is 27.9 Å². The van der Waals surface area contributed by atoms with Gasteiger partial charge < -0.3 is 4.74 Å². The predicted molar refractivity (Wildman–Crippen MR) is 84.1 cm³/mol. The van der Waals surface area contributed by atoms with Crippen LogP contribution in [-0.4, -0.2) is 6.61 Å². The summed E-state index contributed by atoms with van der Waals surface area (Å²) in [7, 11) is 0. The number of hydrogen-bond acceptors (Lipinski definition) is 1. The molecule has 3 rings (SSSR count). The van der Waals surface area contributed by atoms with Gasteiger partial charge in [0.15, 0.2) is 0 Å². The maximum atomic E-state index is 13.6. The number of rotatable bonds is 2. The number of fused-ring (bicyclic) bond motifs is 1. The lowest BCUT2D eigenvalue weighted by Crippen LogP contribution is -2.18. The third kappa shape index (κ3) is 2.51. The molecule has 0 fully saturated rings. The van der Waals surface area contributed by atoms with Gasteiger partial charge in [-0.25, -0.2) is 4.39 Å². The van der Waals surface area contributed by atoms with Crippen LogP contribution in [-0.2, 0) is 5.41 Å². The summed E-state index contributed by atoms with van der Waals surface area (Å²) in [6.45, 7) is 4.90. The second kappa shape index (κ2) is 5.19. The quantitative estimate of drug-likeness (QED) is 0.665. The largest absolute Gasteiger partial charge is 0.492 e. The highest BCUT2D eigenvalue weighted by Gasteiger charge is 2.32. The first kappa shape index (κ1) is 14.7. The third-order valence-corrected chi connectivity index (χ3v) is 4.75. The lowest BCUT2D eigenvalue weighted by atomic mass is 9.85. The topological polar surface area (TPSA) is 9.23 Å². The molecule has 21 heavy (non-hydrogen) atoms. The second-order valence-electron chi connectivity index (χ2n) is 5.93. The van der Waals surface area contributed by atoms with Crippen LogP contribution in [0.2, 0.25) is 5.02 Å². The van der Waals surface area contributed by atoms with Gasteiger partial charge in [0.2, 0.25) is 0 Å². The highest BCUT2D eigenvalue weighted by molar-refractivity contribution is 6.33. The van der Waals surface area contributed by atoms with Crippen LogP contribution in [0.25, 0.3) is 0 Å². The molecule has 4 heteroatoms. The van der Waals surface area contributed by atoms with Gasteiger partial charge in [-0.05, 0) is 29.3 Å². The van der Waals surface area contributed by atoms with E-state index < -0.39 is 11.2 Å². The van der Waals surface area contributed by atoms with E-state index in [0.29, 0.717) is 12.2 Å². The Morgan fingerprint density at radius 1 is 1.24 bits per heavy atom. The van der Waals surface area contributed by atoms with Crippen LogP contribution >= 0.6 is 23.2 Å². The fourth-order valence-corrected chi connectivity index (χ4v) is 3.20. The summed E-state index contributed by atoms with van der Waals surface area (Å²) < 4.78 is 19.3. The molecular weight excluding hydrogens is 310 g/mol. The van der Waals surface area contributed by atoms with E-state index in [1.54, 1.807) is 12.1 Å². The molecule has 1 aliphatic heterocycles. The Kier molecular flexibility index (Phi) is 3.62. The lowest BCUT2D eigenvalue weighted by molar-refractivity contribution is 0.291. The standard InChI is InChI=1S/C17H15Cl2FO/c1-17(2)9-21-14-7-6-10(8-12(14)17)15(18)11-4-3-5-13(20)16(11)19/h3-8,15H,9H2,1-2H3. The Bertz CT molecular complexity index is 697. The van der Waals surface area contributed by atoms with Crippen molar-refractivity contribution in [3.05, 3.63) is 63.9 Å². The van der Waals surface area contributed by atoms with Gasteiger partial charge in [-0.3, -0.25) is 0 Å². The predicted octanol–water partition coefficient (Wildman–Crippen LogP) is 5.48. The maximum Gasteiger partial charge on any atom is 0.142 e. The number of halogens is 3. The zero-order valence-electron chi connectivity index (χ0n) is 11.8. The minimum atomic E-state index is -0.491. The molecular formula is C17H15Cl2FO. The average molecular weight is 325 g/mol. The SMILES string of the molecule is CC1(C)COc2ccc(C(Cl)c3cccc(F)c3Cl)cc21. The second-order valence-corrected chi connectivity index (χ2v) is 6.75. The molecule has 1 unspecified atom stereocenters. The van der Waals surface area contributed by atoms with Crippen LogP contribution in [0.4, 0.5) is 4.39 Å². The summed E-state index contributed by atoms with van der Waals surface area (Å²) in [5, 5.41) is -0.414. The minimum absolute atomic E-state index is 0.0479. The van der Waals surface area contributed by atoms with Crippen LogP contribution in [0, 0.1) is 5.82 Å². The molecule has 0 bridgehead atoms. The smallest absolute Gasteiger partial charge is 0.142 e. The fraction of sp³-hybridized carbons (Fsp3) is 0.294. The highest BCUT2D eigenvalue weighted by Crippen LogP contribution is 2.42. The Labute approximate surface area is 133 Å². The summed E-state index contributed by atoms with van der Waals surface area (Å²) in [6.07, 6.45) is 0. The molecule has 0 N–H and O–H groups in total. The van der Waals surface area contributed by atoms with Crippen molar-refractivity contribution in [2.24, 2.45) is 0 Å². The molecule has 2 aromatic carbocycles. The van der Waals surface area contributed by atoms with Gasteiger partial charge in [0, 0.05) is 11.0 Å². The molecule has 0 aromatic heterocycles. The monoisotopic (exact) mass is 324 g/mol. The Morgan fingerprint density at radius 2 is 2.00 bits per heavy atom. The van der Waals surface area contributed by atoms with Gasteiger partial charge in [-0.1, -0.05) is 43.6 Å². The highest BCUT2D eigenvalue weighted by atomic mass is 35.5. The van der Waals surface area contributed by atoms with Gasteiger partial charge in [0.25, 0.3) is 0 Å². The van der Waals surface area contributed by atoms with E-state index in [1.165, 1.54) is 6.07 Å². The summed E-state index contributed by atoms with van der Waals surface area (Å²) in [4.78, 5) is 0. The van der Waals surface area contributed by atoms with Crippen LogP contribution in [0.15, 0.2) is 36.4 Å². The van der Waals surface area contributed by atoms with Crippen LogP contribution in [0.3, 0.4) is 0 Å². The van der Waals surface area contributed by atoms with Crippen molar-refractivity contribution in [3.8, 4) is 5.75 Å². The number of ether oxygens (including phenoxy) is 1. The average Bonchev–Trinajstić information content (AvgIpc) is 2.76. The molecule has 0 spiro atoms. The summed E-state index contributed by atoms with van der Waals surface area (Å²) in [6, 6.07) is 10.5. The normalized spacial score (nSPS) is 17.2. The van der Waals surface area contributed by atoms with Crippen molar-refractivity contribution in [2.75, 3.05) is 6.61 Å². The van der Waals surface area contributed by atoms with Crippen molar-refractivity contribution >= 4 is 23.2 Å². The molecule has 0 amide bonds. The van der Waals surface area contributed by atoms with Gasteiger partial charge >= 0.3 is 0 Å². The zero-order chi connectivity index (χ0) is 15.2. The number of hydrogen-bond donors (Lipinski definition) is 0. The summed E-state index contributed by atoms with van der Waals surface area (Å²) in [5.74, 6) is 0.433. The molecule has 0 radical (unpaired) electrons. The van der Waals surface area contributed by atoms with E-state index in [-0.39, 0.29) is 10.4 Å². The van der Waals surface area contributed by atoms with E-state index in [2.05, 4.69) is 13.8 Å². The number of alkyl halides is 1. The van der Waals surface area contributed by atoms with E-state index in [0.717, 1.165) is 16.9 Å². The summed E-state index contributed by atoms with van der Waals surface area (Å²) >= 11 is 12.5. The lowest BCUT2D eigenvalue weighted by Gasteiger charge is -2.18. The molecule has 0 saturated carbocycles. The molecule has 0 aliphatic carbocycles.